The molecule has 0 bridgehead atoms. The Morgan fingerprint density at radius 2 is 2.03 bits per heavy atom. The smallest absolute Gasteiger partial charge is 0.249 e. The summed E-state index contributed by atoms with van der Waals surface area (Å²) in [5.41, 5.74) is -0.314. The van der Waals surface area contributed by atoms with Crippen LogP contribution in [0.4, 0.5) is 22.7 Å². The van der Waals surface area contributed by atoms with Gasteiger partial charge in [-0.2, -0.15) is 5.10 Å². The molecule has 0 radical (unpaired) electrons. The van der Waals surface area contributed by atoms with Gasteiger partial charge in [-0.15, -0.1) is 10.2 Å². The number of rotatable bonds is 3. The molecule has 2 aliphatic heterocycles. The summed E-state index contributed by atoms with van der Waals surface area (Å²) in [7, 11) is 0. The van der Waals surface area contributed by atoms with Gasteiger partial charge in [0.05, 0.1) is 18.5 Å². The number of benzene rings is 1. The van der Waals surface area contributed by atoms with Gasteiger partial charge in [-0.05, 0) is 19.4 Å². The van der Waals surface area contributed by atoms with Crippen molar-refractivity contribution in [1.82, 2.24) is 15.2 Å². The Morgan fingerprint density at radius 3 is 2.72 bits per heavy atom. The van der Waals surface area contributed by atoms with Crippen molar-refractivity contribution < 1.29 is 22.4 Å². The number of carbonyl (C=O) groups excluding carboxylic acids is 1. The Kier molecular flexibility index (Phi) is 5.24. The van der Waals surface area contributed by atoms with Gasteiger partial charge in [0.1, 0.15) is 17.0 Å². The molecule has 154 valence electrons. The maximum Gasteiger partial charge on any atom is 0.249 e. The molecule has 2 aliphatic rings. The third-order valence-electron chi connectivity index (χ3n) is 5.08. The number of carbonyl (C=O) groups is 1. The molecule has 0 aliphatic carbocycles. The predicted octanol–water partition coefficient (Wildman–Crippen LogP) is 3.39. The minimum absolute atomic E-state index is 0.0315. The molecule has 1 saturated heterocycles. The molecule has 1 aromatic heterocycles. The van der Waals surface area contributed by atoms with E-state index in [9.17, 15) is 22.4 Å². The lowest BCUT2D eigenvalue weighted by molar-refractivity contribution is -0.140. The molecule has 4 rings (SSSR count). The van der Waals surface area contributed by atoms with E-state index in [1.54, 1.807) is 11.8 Å². The van der Waals surface area contributed by atoms with Crippen molar-refractivity contribution in [3.05, 3.63) is 40.2 Å². The number of piperidine rings is 1. The summed E-state index contributed by atoms with van der Waals surface area (Å²) < 4.78 is 56.3. The van der Waals surface area contributed by atoms with Crippen molar-refractivity contribution in [2.75, 3.05) is 18.0 Å². The maximum atomic E-state index is 14.9. The fourth-order valence-electron chi connectivity index (χ4n) is 3.64. The van der Waals surface area contributed by atoms with Crippen molar-refractivity contribution in [2.24, 2.45) is 11.0 Å². The Balaban J connectivity index is 1.51. The molecule has 0 unspecified atom stereocenters. The lowest BCUT2D eigenvalue weighted by atomic mass is 9.93. The number of hydrogen-bond donors (Lipinski definition) is 0. The molecule has 29 heavy (non-hydrogen) atoms. The van der Waals surface area contributed by atoms with Crippen molar-refractivity contribution in [2.45, 2.75) is 32.0 Å². The minimum atomic E-state index is -1.49. The number of hydrazone groups is 1. The zero-order valence-electron chi connectivity index (χ0n) is 15.4. The first kappa shape index (κ1) is 19.7. The van der Waals surface area contributed by atoms with E-state index in [0.29, 0.717) is 17.7 Å². The third kappa shape index (κ3) is 3.70. The zero-order valence-corrected chi connectivity index (χ0v) is 16.2. The Morgan fingerprint density at radius 1 is 1.24 bits per heavy atom. The standard InChI is InChI=1S/C18H17F4N5OS/c1-9-24-25-18(29-9)26-5-3-11(14(21)8-26)17(28)27-15(2-4-23-27)12-6-10(19)7-13(20)16(12)22/h4,6-7,11,14-15H,2-3,5,8H2,1H3/t11-,14+,15-/m0/s1. The van der Waals surface area contributed by atoms with Crippen molar-refractivity contribution >= 4 is 28.6 Å². The van der Waals surface area contributed by atoms with E-state index in [2.05, 4.69) is 15.3 Å². The van der Waals surface area contributed by atoms with Crippen LogP contribution >= 0.6 is 11.3 Å². The van der Waals surface area contributed by atoms with Crippen LogP contribution in [0.5, 0.6) is 0 Å². The molecule has 2 aromatic rings. The minimum Gasteiger partial charge on any atom is -0.344 e. The van der Waals surface area contributed by atoms with Gasteiger partial charge in [0.2, 0.25) is 11.0 Å². The summed E-state index contributed by atoms with van der Waals surface area (Å²) in [6.45, 7) is 2.16. The average Bonchev–Trinajstić information content (AvgIpc) is 3.33. The molecule has 0 N–H and O–H groups in total. The van der Waals surface area contributed by atoms with Crippen LogP contribution in [0.2, 0.25) is 0 Å². The summed E-state index contributed by atoms with van der Waals surface area (Å²) in [4.78, 5) is 14.7. The summed E-state index contributed by atoms with van der Waals surface area (Å²) in [6, 6.07) is 0.262. The number of aryl methyl sites for hydroxylation is 1. The average molecular weight is 427 g/mol. The number of anilines is 1. The zero-order chi connectivity index (χ0) is 20.7. The topological polar surface area (TPSA) is 61.7 Å². The molecule has 11 heteroatoms. The van der Waals surface area contributed by atoms with Crippen LogP contribution in [0.15, 0.2) is 17.2 Å². The number of nitrogens with zero attached hydrogens (tertiary/aromatic N) is 5. The van der Waals surface area contributed by atoms with Gasteiger partial charge in [0.15, 0.2) is 11.6 Å². The highest BCUT2D eigenvalue weighted by Gasteiger charge is 2.41. The highest BCUT2D eigenvalue weighted by atomic mass is 32.1. The van der Waals surface area contributed by atoms with Crippen LogP contribution in [0.3, 0.4) is 0 Å². The molecule has 6 nitrogen and oxygen atoms in total. The van der Waals surface area contributed by atoms with Gasteiger partial charge in [-0.3, -0.25) is 4.79 Å². The lowest BCUT2D eigenvalue weighted by Gasteiger charge is -2.35. The highest BCUT2D eigenvalue weighted by Crippen LogP contribution is 2.35. The van der Waals surface area contributed by atoms with E-state index in [4.69, 9.17) is 0 Å². The second kappa shape index (κ2) is 7.69. The molecule has 0 spiro atoms. The van der Waals surface area contributed by atoms with Crippen LogP contribution in [0, 0.1) is 30.3 Å². The maximum absolute atomic E-state index is 14.9. The second-order valence-electron chi connectivity index (χ2n) is 6.98. The van der Waals surface area contributed by atoms with Crippen LogP contribution in [-0.4, -0.2) is 46.6 Å². The van der Waals surface area contributed by atoms with Gasteiger partial charge in [0.25, 0.3) is 0 Å². The third-order valence-corrected chi connectivity index (χ3v) is 5.98. The second-order valence-corrected chi connectivity index (χ2v) is 8.14. The van der Waals surface area contributed by atoms with Crippen LogP contribution < -0.4 is 4.90 Å². The monoisotopic (exact) mass is 427 g/mol. The first-order valence-electron chi connectivity index (χ1n) is 9.04. The van der Waals surface area contributed by atoms with Gasteiger partial charge in [-0.1, -0.05) is 11.3 Å². The van der Waals surface area contributed by atoms with E-state index in [-0.39, 0.29) is 24.9 Å². The Hall–Kier alpha value is -2.56. The highest BCUT2D eigenvalue weighted by molar-refractivity contribution is 7.15. The molecule has 3 heterocycles. The Labute approximate surface area is 167 Å². The number of amides is 1. The van der Waals surface area contributed by atoms with Crippen LogP contribution in [0.25, 0.3) is 0 Å². The van der Waals surface area contributed by atoms with Crippen LogP contribution in [-0.2, 0) is 4.79 Å². The molecular weight excluding hydrogens is 410 g/mol. The van der Waals surface area contributed by atoms with Crippen molar-refractivity contribution in [3.8, 4) is 0 Å². The molecule has 0 saturated carbocycles. The number of hydrogen-bond acceptors (Lipinski definition) is 6. The molecule has 3 atom stereocenters. The summed E-state index contributed by atoms with van der Waals surface area (Å²) in [6.07, 6.45) is 0.158. The van der Waals surface area contributed by atoms with E-state index in [0.717, 1.165) is 16.1 Å². The van der Waals surface area contributed by atoms with Gasteiger partial charge in [-0.25, -0.2) is 22.6 Å². The fourth-order valence-corrected chi connectivity index (χ4v) is 4.37. The first-order valence-corrected chi connectivity index (χ1v) is 9.86. The largest absolute Gasteiger partial charge is 0.344 e. The van der Waals surface area contributed by atoms with E-state index >= 15 is 0 Å². The summed E-state index contributed by atoms with van der Waals surface area (Å²) >= 11 is 1.34. The fraction of sp³-hybridized carbons (Fsp3) is 0.444. The quantitative estimate of drug-likeness (QED) is 0.557. The molecule has 1 fully saturated rings. The first-order chi connectivity index (χ1) is 13.8. The van der Waals surface area contributed by atoms with Crippen LogP contribution in [0.1, 0.15) is 29.5 Å². The number of aromatic nitrogens is 2. The number of halogens is 4. The SMILES string of the molecule is Cc1nnc(N2CC[C@H](C(=O)N3N=CC[C@H]3c3cc(F)cc(F)c3F)[C@H](F)C2)s1. The van der Waals surface area contributed by atoms with Gasteiger partial charge < -0.3 is 4.90 Å². The lowest BCUT2D eigenvalue weighted by Crippen LogP contribution is -2.48. The number of alkyl halides is 1. The summed E-state index contributed by atoms with van der Waals surface area (Å²) in [5, 5.41) is 14.1. The van der Waals surface area contributed by atoms with Gasteiger partial charge in [0, 0.05) is 30.8 Å². The molecule has 1 amide bonds. The van der Waals surface area contributed by atoms with Gasteiger partial charge >= 0.3 is 0 Å². The molecular formula is C18H17F4N5OS. The predicted molar refractivity (Wildman–Crippen MR) is 98.9 cm³/mol. The molecule has 1 aromatic carbocycles. The van der Waals surface area contributed by atoms with Crippen molar-refractivity contribution in [1.29, 1.82) is 0 Å². The van der Waals surface area contributed by atoms with E-state index in [1.165, 1.54) is 17.6 Å². The Bertz CT molecular complexity index is 968. The van der Waals surface area contributed by atoms with E-state index < -0.39 is 41.5 Å². The van der Waals surface area contributed by atoms with Crippen molar-refractivity contribution in [3.63, 3.8) is 0 Å². The summed E-state index contributed by atoms with van der Waals surface area (Å²) in [5.74, 6) is -5.16. The normalized spacial score (nSPS) is 24.4. The van der Waals surface area contributed by atoms with E-state index in [1.807, 2.05) is 0 Å².